The molecule has 0 amide bonds. The molecule has 0 aliphatic carbocycles. The van der Waals surface area contributed by atoms with Gasteiger partial charge in [0.15, 0.2) is 14.9 Å². The van der Waals surface area contributed by atoms with Crippen LogP contribution in [0.4, 0.5) is 5.69 Å². The van der Waals surface area contributed by atoms with E-state index in [1.54, 1.807) is 34.9 Å². The summed E-state index contributed by atoms with van der Waals surface area (Å²) in [6.45, 7) is 1.94. The molecule has 24 heavy (non-hydrogen) atoms. The minimum atomic E-state index is -3.19. The SMILES string of the molecule is CCOC(=O)CN1C(=S)N(c2cccc(Cl)c2)[C@@H]2CS(=O)(=O)C[C@H]21. The van der Waals surface area contributed by atoms with E-state index >= 15 is 0 Å². The Morgan fingerprint density at radius 2 is 2.08 bits per heavy atom. The molecule has 3 rings (SSSR count). The topological polar surface area (TPSA) is 66.9 Å². The van der Waals surface area contributed by atoms with Gasteiger partial charge in [-0.1, -0.05) is 17.7 Å². The first-order chi connectivity index (χ1) is 11.3. The largest absolute Gasteiger partial charge is 0.465 e. The summed E-state index contributed by atoms with van der Waals surface area (Å²) in [6.07, 6.45) is 0. The molecule has 0 N–H and O–H groups in total. The Morgan fingerprint density at radius 1 is 1.38 bits per heavy atom. The van der Waals surface area contributed by atoms with Crippen LogP contribution in [0.5, 0.6) is 0 Å². The fraction of sp³-hybridized carbons (Fsp3) is 0.467. The molecule has 2 aliphatic heterocycles. The average molecular weight is 389 g/mol. The monoisotopic (exact) mass is 388 g/mol. The van der Waals surface area contributed by atoms with Crippen LogP contribution in [-0.2, 0) is 19.4 Å². The molecule has 1 aromatic carbocycles. The zero-order valence-corrected chi connectivity index (χ0v) is 15.4. The summed E-state index contributed by atoms with van der Waals surface area (Å²) in [5.41, 5.74) is 0.728. The molecule has 1 aromatic rings. The Labute approximate surface area is 151 Å². The number of rotatable bonds is 4. The van der Waals surface area contributed by atoms with Gasteiger partial charge >= 0.3 is 5.97 Å². The summed E-state index contributed by atoms with van der Waals surface area (Å²) < 4.78 is 29.2. The number of esters is 1. The smallest absolute Gasteiger partial charge is 0.325 e. The molecule has 0 spiro atoms. The van der Waals surface area contributed by atoms with Gasteiger partial charge in [0.05, 0.1) is 30.2 Å². The third-order valence-corrected chi connectivity index (χ3v) is 6.53. The fourth-order valence-corrected chi connectivity index (χ4v) is 5.81. The highest BCUT2D eigenvalue weighted by atomic mass is 35.5. The van der Waals surface area contributed by atoms with Gasteiger partial charge in [0.2, 0.25) is 0 Å². The van der Waals surface area contributed by atoms with E-state index < -0.39 is 15.8 Å². The number of benzene rings is 1. The lowest BCUT2D eigenvalue weighted by Gasteiger charge is -2.25. The van der Waals surface area contributed by atoms with E-state index in [1.165, 1.54) is 0 Å². The van der Waals surface area contributed by atoms with Crippen LogP contribution in [0.25, 0.3) is 0 Å². The van der Waals surface area contributed by atoms with Gasteiger partial charge in [-0.25, -0.2) is 8.42 Å². The van der Waals surface area contributed by atoms with Crippen molar-refractivity contribution in [2.75, 3.05) is 29.6 Å². The third kappa shape index (κ3) is 3.22. The summed E-state index contributed by atoms with van der Waals surface area (Å²) >= 11 is 11.6. The predicted molar refractivity (Wildman–Crippen MR) is 96.1 cm³/mol. The number of nitrogens with zero attached hydrogens (tertiary/aromatic N) is 2. The van der Waals surface area contributed by atoms with Gasteiger partial charge in [-0.2, -0.15) is 0 Å². The van der Waals surface area contributed by atoms with Gasteiger partial charge in [-0.05, 0) is 37.3 Å². The van der Waals surface area contributed by atoms with Crippen LogP contribution in [0.1, 0.15) is 6.92 Å². The van der Waals surface area contributed by atoms with Gasteiger partial charge < -0.3 is 14.5 Å². The second kappa shape index (κ2) is 6.50. The minimum Gasteiger partial charge on any atom is -0.465 e. The highest BCUT2D eigenvalue weighted by molar-refractivity contribution is 7.91. The predicted octanol–water partition coefficient (Wildman–Crippen LogP) is 1.48. The van der Waals surface area contributed by atoms with Gasteiger partial charge in [0.1, 0.15) is 6.54 Å². The summed E-state index contributed by atoms with van der Waals surface area (Å²) in [7, 11) is -3.19. The van der Waals surface area contributed by atoms with E-state index in [9.17, 15) is 13.2 Å². The standard InChI is InChI=1S/C15H17ClN2O4S2/c1-2-22-14(19)7-17-12-8-24(20,21)9-13(12)18(15(17)23)11-5-3-4-10(16)6-11/h3-6,12-13H,2,7-9H2,1H3/t12-,13-/m1/s1. The molecular formula is C15H17ClN2O4S2. The van der Waals surface area contributed by atoms with E-state index in [0.29, 0.717) is 10.1 Å². The van der Waals surface area contributed by atoms with Crippen molar-refractivity contribution in [1.29, 1.82) is 0 Å². The maximum absolute atomic E-state index is 12.1. The molecule has 130 valence electrons. The maximum Gasteiger partial charge on any atom is 0.325 e. The Hall–Kier alpha value is -1.38. The third-order valence-electron chi connectivity index (χ3n) is 4.17. The minimum absolute atomic E-state index is 0.00362. The normalized spacial score (nSPS) is 25.0. The van der Waals surface area contributed by atoms with Crippen molar-refractivity contribution in [3.8, 4) is 0 Å². The highest BCUT2D eigenvalue weighted by Gasteiger charge is 2.52. The zero-order valence-electron chi connectivity index (χ0n) is 13.0. The lowest BCUT2D eigenvalue weighted by atomic mass is 10.1. The van der Waals surface area contributed by atoms with Crippen LogP contribution in [0, 0.1) is 0 Å². The van der Waals surface area contributed by atoms with Crippen LogP contribution in [0.15, 0.2) is 24.3 Å². The molecule has 0 aromatic heterocycles. The first kappa shape index (κ1) is 17.4. The van der Waals surface area contributed by atoms with Crippen molar-refractivity contribution in [3.05, 3.63) is 29.3 Å². The van der Waals surface area contributed by atoms with Crippen molar-refractivity contribution < 1.29 is 17.9 Å². The summed E-state index contributed by atoms with van der Waals surface area (Å²) in [4.78, 5) is 15.3. The molecule has 2 fully saturated rings. The second-order valence-electron chi connectivity index (χ2n) is 5.78. The second-order valence-corrected chi connectivity index (χ2v) is 8.73. The van der Waals surface area contributed by atoms with Crippen LogP contribution in [0.3, 0.4) is 0 Å². The number of thiocarbonyl (C=S) groups is 1. The Morgan fingerprint density at radius 3 is 2.75 bits per heavy atom. The molecule has 9 heteroatoms. The molecular weight excluding hydrogens is 372 g/mol. The van der Waals surface area contributed by atoms with Crippen molar-refractivity contribution in [3.63, 3.8) is 0 Å². The van der Waals surface area contributed by atoms with Gasteiger partial charge in [0.25, 0.3) is 0 Å². The number of fused-ring (bicyclic) bond motifs is 1. The molecule has 2 saturated heterocycles. The molecule has 0 unspecified atom stereocenters. The van der Waals surface area contributed by atoms with E-state index in [1.807, 2.05) is 6.07 Å². The Kier molecular flexibility index (Phi) is 4.72. The van der Waals surface area contributed by atoms with Gasteiger partial charge in [0, 0.05) is 10.7 Å². The molecule has 2 atom stereocenters. The quantitative estimate of drug-likeness (QED) is 0.571. The first-order valence-corrected chi connectivity index (χ1v) is 10.1. The van der Waals surface area contributed by atoms with E-state index in [-0.39, 0.29) is 36.7 Å². The molecule has 0 radical (unpaired) electrons. The molecule has 0 saturated carbocycles. The van der Waals surface area contributed by atoms with Crippen molar-refractivity contribution in [2.45, 2.75) is 19.0 Å². The van der Waals surface area contributed by atoms with E-state index in [2.05, 4.69) is 0 Å². The van der Waals surface area contributed by atoms with Gasteiger partial charge in [-0.15, -0.1) is 0 Å². The highest BCUT2D eigenvalue weighted by Crippen LogP contribution is 2.35. The molecule has 2 aliphatic rings. The number of anilines is 1. The van der Waals surface area contributed by atoms with E-state index in [0.717, 1.165) is 5.69 Å². The summed E-state index contributed by atoms with van der Waals surface area (Å²) in [5, 5.41) is 0.965. The number of hydrogen-bond donors (Lipinski definition) is 0. The number of halogens is 1. The number of hydrogen-bond acceptors (Lipinski definition) is 5. The lowest BCUT2D eigenvalue weighted by Crippen LogP contribution is -2.41. The number of carbonyl (C=O) groups excluding carboxylic acids is 1. The van der Waals surface area contributed by atoms with Crippen molar-refractivity contribution in [1.82, 2.24) is 4.90 Å². The van der Waals surface area contributed by atoms with Gasteiger partial charge in [-0.3, -0.25) is 4.79 Å². The number of carbonyl (C=O) groups is 1. The van der Waals surface area contributed by atoms with Crippen LogP contribution in [-0.4, -0.2) is 61.1 Å². The summed E-state index contributed by atoms with van der Waals surface area (Å²) in [6, 6.07) is 6.41. The van der Waals surface area contributed by atoms with Crippen LogP contribution < -0.4 is 4.90 Å². The molecule has 0 bridgehead atoms. The number of ether oxygens (including phenoxy) is 1. The Balaban J connectivity index is 1.95. The zero-order chi connectivity index (χ0) is 17.5. The van der Waals surface area contributed by atoms with E-state index in [4.69, 9.17) is 28.6 Å². The first-order valence-electron chi connectivity index (χ1n) is 7.54. The Bertz CT molecular complexity index is 783. The molecule has 6 nitrogen and oxygen atoms in total. The van der Waals surface area contributed by atoms with Crippen molar-refractivity contribution >= 4 is 50.4 Å². The number of sulfone groups is 1. The molecule has 2 heterocycles. The van der Waals surface area contributed by atoms with Crippen LogP contribution in [0.2, 0.25) is 5.02 Å². The van der Waals surface area contributed by atoms with Crippen molar-refractivity contribution in [2.24, 2.45) is 0 Å². The average Bonchev–Trinajstić information content (AvgIpc) is 2.91. The maximum atomic E-state index is 12.1. The lowest BCUT2D eigenvalue weighted by molar-refractivity contribution is -0.143. The van der Waals surface area contributed by atoms with Crippen LogP contribution >= 0.6 is 23.8 Å². The summed E-state index contributed by atoms with van der Waals surface area (Å²) in [5.74, 6) is -0.436. The fourth-order valence-electron chi connectivity index (χ4n) is 3.24.